The zero-order valence-corrected chi connectivity index (χ0v) is 21.5. The summed E-state index contributed by atoms with van der Waals surface area (Å²) in [5.74, 6) is 0.403. The molecule has 2 saturated heterocycles. The fourth-order valence-electron chi connectivity index (χ4n) is 4.58. The van der Waals surface area contributed by atoms with Gasteiger partial charge in [-0.25, -0.2) is 8.42 Å². The van der Waals surface area contributed by atoms with E-state index in [1.807, 2.05) is 15.9 Å². The summed E-state index contributed by atoms with van der Waals surface area (Å²) in [5, 5.41) is 9.98. The minimum absolute atomic E-state index is 0.00276. The van der Waals surface area contributed by atoms with Crippen LogP contribution in [0.4, 0.5) is 0 Å². The smallest absolute Gasteiger partial charge is 0.264 e. The number of nitrogens with zero attached hydrogens (tertiary/aromatic N) is 4. The van der Waals surface area contributed by atoms with Crippen molar-refractivity contribution in [3.63, 3.8) is 0 Å². The first kappa shape index (κ1) is 26.5. The Kier molecular flexibility index (Phi) is 8.98. The monoisotopic (exact) mass is 510 g/mol. The molecule has 0 spiro atoms. The van der Waals surface area contributed by atoms with Crippen molar-refractivity contribution in [1.82, 2.24) is 14.7 Å². The average molecular weight is 511 g/mol. The summed E-state index contributed by atoms with van der Waals surface area (Å²) in [6.45, 7) is 6.45. The van der Waals surface area contributed by atoms with Crippen LogP contribution in [0.25, 0.3) is 0 Å². The lowest BCUT2D eigenvalue weighted by atomic mass is 10.2. The van der Waals surface area contributed by atoms with Crippen LogP contribution in [0.5, 0.6) is 0 Å². The molecule has 1 atom stereocenters. The minimum Gasteiger partial charge on any atom is -0.355 e. The molecule has 2 heterocycles. The van der Waals surface area contributed by atoms with E-state index in [4.69, 9.17) is 4.18 Å². The third kappa shape index (κ3) is 6.72. The maximum atomic E-state index is 13.4. The molecule has 0 aromatic heterocycles. The highest BCUT2D eigenvalue weighted by Gasteiger charge is 2.34. The SMILES string of the molecule is C[C@@H]1CCCN1CCCN1CCN(CCCOS(C)(=O)=O)C1=C(C#N)S(=O)(=O)c1ccccc1. The zero-order valence-electron chi connectivity index (χ0n) is 19.9. The maximum Gasteiger partial charge on any atom is 0.264 e. The van der Waals surface area contributed by atoms with Crippen LogP contribution < -0.4 is 0 Å². The zero-order chi connectivity index (χ0) is 24.8. The van der Waals surface area contributed by atoms with Gasteiger partial charge in [0.1, 0.15) is 11.9 Å². The fourth-order valence-corrected chi connectivity index (χ4v) is 6.37. The molecule has 0 N–H and O–H groups in total. The van der Waals surface area contributed by atoms with Gasteiger partial charge in [0.15, 0.2) is 4.91 Å². The van der Waals surface area contributed by atoms with Crippen LogP contribution in [0, 0.1) is 11.3 Å². The third-order valence-corrected chi connectivity index (χ3v) is 8.60. The predicted octanol–water partition coefficient (Wildman–Crippen LogP) is 2.01. The molecular weight excluding hydrogens is 476 g/mol. The Morgan fingerprint density at radius 1 is 1.03 bits per heavy atom. The summed E-state index contributed by atoms with van der Waals surface area (Å²) < 4.78 is 54.1. The van der Waals surface area contributed by atoms with E-state index in [9.17, 15) is 22.1 Å². The first-order valence-electron chi connectivity index (χ1n) is 11.7. The molecule has 0 radical (unpaired) electrons. The number of allylic oxidation sites excluding steroid dienone is 1. The van der Waals surface area contributed by atoms with Gasteiger partial charge in [-0.1, -0.05) is 18.2 Å². The molecule has 0 unspecified atom stereocenters. The van der Waals surface area contributed by atoms with Gasteiger partial charge in [-0.05, 0) is 51.3 Å². The van der Waals surface area contributed by atoms with Crippen molar-refractivity contribution in [3.05, 3.63) is 41.1 Å². The number of sulfone groups is 1. The molecule has 9 nitrogen and oxygen atoms in total. The Bertz CT molecular complexity index is 1110. The molecule has 188 valence electrons. The van der Waals surface area contributed by atoms with Crippen LogP contribution in [0.3, 0.4) is 0 Å². The molecule has 34 heavy (non-hydrogen) atoms. The van der Waals surface area contributed by atoms with Crippen LogP contribution in [0.2, 0.25) is 0 Å². The molecule has 3 rings (SSSR count). The fraction of sp³-hybridized carbons (Fsp3) is 0.609. The first-order chi connectivity index (χ1) is 16.1. The first-order valence-corrected chi connectivity index (χ1v) is 15.0. The standard InChI is InChI=1S/C23H34N4O5S2/c1-20-9-6-12-25(20)13-7-14-26-16-17-27(15-8-18-32-33(2,28)29)23(26)22(19-24)34(30,31)21-10-4-3-5-11-21/h3-5,10-11,20H,6-9,12-18H2,1-2H3/t20-/m1/s1. The Balaban J connectivity index is 1.82. The van der Waals surface area contributed by atoms with Gasteiger partial charge in [-0.2, -0.15) is 13.7 Å². The van der Waals surface area contributed by atoms with Gasteiger partial charge in [-0.15, -0.1) is 0 Å². The number of hydrogen-bond donors (Lipinski definition) is 0. The van der Waals surface area contributed by atoms with E-state index >= 15 is 0 Å². The van der Waals surface area contributed by atoms with Gasteiger partial charge in [0.2, 0.25) is 9.84 Å². The molecule has 0 bridgehead atoms. The van der Waals surface area contributed by atoms with Crippen LogP contribution in [0.1, 0.15) is 32.6 Å². The second-order valence-corrected chi connectivity index (χ2v) is 12.3. The largest absolute Gasteiger partial charge is 0.355 e. The van der Waals surface area contributed by atoms with E-state index in [0.717, 1.165) is 25.8 Å². The highest BCUT2D eigenvalue weighted by molar-refractivity contribution is 7.95. The Morgan fingerprint density at radius 3 is 2.24 bits per heavy atom. The van der Waals surface area contributed by atoms with E-state index in [-0.39, 0.29) is 16.4 Å². The van der Waals surface area contributed by atoms with Crippen molar-refractivity contribution in [2.75, 3.05) is 52.1 Å². The molecule has 2 aliphatic rings. The summed E-state index contributed by atoms with van der Waals surface area (Å²) >= 11 is 0. The van der Waals surface area contributed by atoms with Gasteiger partial charge < -0.3 is 14.7 Å². The third-order valence-electron chi connectivity index (χ3n) is 6.30. The number of hydrogen-bond acceptors (Lipinski definition) is 9. The quantitative estimate of drug-likeness (QED) is 0.251. The lowest BCUT2D eigenvalue weighted by Crippen LogP contribution is -2.32. The van der Waals surface area contributed by atoms with Crippen LogP contribution in [-0.2, 0) is 24.1 Å². The molecule has 2 aliphatic heterocycles. The summed E-state index contributed by atoms with van der Waals surface area (Å²) in [6, 6.07) is 10.5. The van der Waals surface area contributed by atoms with Crippen molar-refractivity contribution in [2.45, 2.75) is 43.5 Å². The lowest BCUT2D eigenvalue weighted by Gasteiger charge is -2.27. The van der Waals surface area contributed by atoms with E-state index in [1.165, 1.54) is 25.0 Å². The van der Waals surface area contributed by atoms with Crippen LogP contribution in [-0.4, -0.2) is 89.7 Å². The van der Waals surface area contributed by atoms with Gasteiger partial charge in [0.25, 0.3) is 10.1 Å². The molecule has 11 heteroatoms. The predicted molar refractivity (Wildman–Crippen MR) is 130 cm³/mol. The summed E-state index contributed by atoms with van der Waals surface area (Å²) in [5.41, 5.74) is 0. The number of likely N-dealkylation sites (tertiary alicyclic amines) is 1. The minimum atomic E-state index is -4.01. The van der Waals surface area contributed by atoms with Crippen LogP contribution >= 0.6 is 0 Å². The Labute approximate surface area is 203 Å². The Morgan fingerprint density at radius 2 is 1.68 bits per heavy atom. The van der Waals surface area contributed by atoms with Gasteiger partial charge in [0, 0.05) is 38.8 Å². The van der Waals surface area contributed by atoms with Crippen molar-refractivity contribution >= 4 is 20.0 Å². The van der Waals surface area contributed by atoms with Crippen molar-refractivity contribution in [3.8, 4) is 6.07 Å². The summed E-state index contributed by atoms with van der Waals surface area (Å²) in [6.07, 6.45) is 4.65. The highest BCUT2D eigenvalue weighted by Crippen LogP contribution is 2.29. The van der Waals surface area contributed by atoms with E-state index in [0.29, 0.717) is 44.5 Å². The summed E-state index contributed by atoms with van der Waals surface area (Å²) in [4.78, 5) is 6.11. The van der Waals surface area contributed by atoms with Crippen molar-refractivity contribution in [2.24, 2.45) is 0 Å². The highest BCUT2D eigenvalue weighted by atomic mass is 32.2. The molecule has 0 saturated carbocycles. The maximum absolute atomic E-state index is 13.4. The molecule has 0 aliphatic carbocycles. The van der Waals surface area contributed by atoms with E-state index in [2.05, 4.69) is 11.8 Å². The average Bonchev–Trinajstić information content (AvgIpc) is 3.38. The van der Waals surface area contributed by atoms with Gasteiger partial charge in [-0.3, -0.25) is 4.18 Å². The topological polar surface area (TPSA) is 111 Å². The molecule has 2 fully saturated rings. The molecule has 1 aromatic carbocycles. The number of rotatable bonds is 11. The second-order valence-electron chi connectivity index (χ2n) is 8.82. The van der Waals surface area contributed by atoms with Crippen molar-refractivity contribution in [1.29, 1.82) is 5.26 Å². The second kappa shape index (κ2) is 11.5. The normalized spacial score (nSPS) is 21.1. The Hall–Kier alpha value is -2.13. The van der Waals surface area contributed by atoms with Crippen molar-refractivity contribution < 1.29 is 21.0 Å². The van der Waals surface area contributed by atoms with E-state index < -0.39 is 20.0 Å². The number of benzene rings is 1. The lowest BCUT2D eigenvalue weighted by molar-refractivity contribution is 0.243. The van der Waals surface area contributed by atoms with Gasteiger partial charge >= 0.3 is 0 Å². The molecular formula is C23H34N4O5S2. The number of nitriles is 1. The molecule has 1 aromatic rings. The van der Waals surface area contributed by atoms with E-state index in [1.54, 1.807) is 18.2 Å². The summed E-state index contributed by atoms with van der Waals surface area (Å²) in [7, 11) is -7.55. The van der Waals surface area contributed by atoms with Crippen LogP contribution in [0.15, 0.2) is 46.0 Å². The van der Waals surface area contributed by atoms with Gasteiger partial charge in [0.05, 0.1) is 17.8 Å². The molecule has 0 amide bonds.